The summed E-state index contributed by atoms with van der Waals surface area (Å²) in [7, 11) is 0. The molecule has 1 heterocycles. The molecule has 0 N–H and O–H groups in total. The topological polar surface area (TPSA) is 75.9 Å². The first-order valence-corrected chi connectivity index (χ1v) is 5.30. The van der Waals surface area contributed by atoms with Crippen LogP contribution in [0.5, 0.6) is 0 Å². The molecule has 0 aromatic heterocycles. The fourth-order valence-electron chi connectivity index (χ4n) is 1.53. The van der Waals surface area contributed by atoms with E-state index in [-0.39, 0.29) is 25.5 Å². The minimum atomic E-state index is -0.518. The van der Waals surface area contributed by atoms with E-state index in [4.69, 9.17) is 9.57 Å². The van der Waals surface area contributed by atoms with Gasteiger partial charge in [-0.25, -0.2) is 4.84 Å². The lowest BCUT2D eigenvalue weighted by Crippen LogP contribution is -2.31. The Labute approximate surface area is 102 Å². The molecule has 0 fully saturated rings. The number of benzene rings is 1. The molecule has 18 heavy (non-hydrogen) atoms. The molecule has 1 aliphatic heterocycles. The molecule has 0 unspecified atom stereocenters. The number of aldehydes is 1. The number of hydrogen-bond donors (Lipinski definition) is 0. The standard InChI is InChI=1S/C11H11N2O5/c14-5-6-17-7-8-18-13-11(15)9-3-1-2-4-10(9)12(13)16/h1-5H,6-8H2/q+1. The summed E-state index contributed by atoms with van der Waals surface area (Å²) in [4.78, 5) is 38.9. The number of para-hydroxylation sites is 1. The van der Waals surface area contributed by atoms with Gasteiger partial charge in [-0.15, -0.1) is 0 Å². The van der Waals surface area contributed by atoms with Crippen molar-refractivity contribution in [3.05, 3.63) is 34.7 Å². The highest BCUT2D eigenvalue weighted by atomic mass is 16.7. The zero-order chi connectivity index (χ0) is 13.0. The van der Waals surface area contributed by atoms with Crippen molar-refractivity contribution < 1.29 is 24.0 Å². The van der Waals surface area contributed by atoms with Crippen molar-refractivity contribution >= 4 is 17.9 Å². The van der Waals surface area contributed by atoms with E-state index in [0.717, 1.165) is 0 Å². The van der Waals surface area contributed by atoms with Gasteiger partial charge in [0.05, 0.1) is 16.7 Å². The molecule has 2 rings (SSSR count). The van der Waals surface area contributed by atoms with Gasteiger partial charge >= 0.3 is 11.6 Å². The third-order valence-corrected chi connectivity index (χ3v) is 2.31. The maximum Gasteiger partial charge on any atom is 0.352 e. The monoisotopic (exact) mass is 251 g/mol. The normalized spacial score (nSPS) is 13.9. The molecule has 94 valence electrons. The molecule has 0 radical (unpaired) electrons. The number of amides is 1. The number of ether oxygens (including phenoxy) is 1. The maximum atomic E-state index is 11.8. The number of carbonyl (C=O) groups excluding carboxylic acids is 2. The van der Waals surface area contributed by atoms with Gasteiger partial charge in [0.25, 0.3) is 0 Å². The highest BCUT2D eigenvalue weighted by Crippen LogP contribution is 2.28. The summed E-state index contributed by atoms with van der Waals surface area (Å²) in [6.45, 7) is 0.0810. The summed E-state index contributed by atoms with van der Waals surface area (Å²) in [5.41, 5.74) is 0.539. The van der Waals surface area contributed by atoms with E-state index < -0.39 is 5.91 Å². The summed E-state index contributed by atoms with van der Waals surface area (Å²) in [6.07, 6.45) is 0.608. The van der Waals surface area contributed by atoms with Crippen molar-refractivity contribution in [2.75, 3.05) is 19.8 Å². The van der Waals surface area contributed by atoms with Crippen molar-refractivity contribution in [1.82, 2.24) is 5.17 Å². The van der Waals surface area contributed by atoms with Crippen LogP contribution in [0.2, 0.25) is 0 Å². The zero-order valence-electron chi connectivity index (χ0n) is 9.44. The van der Waals surface area contributed by atoms with Crippen LogP contribution < -0.4 is 0 Å². The number of nitroso groups, excluding NO2 is 1. The van der Waals surface area contributed by atoms with Crippen molar-refractivity contribution in [3.8, 4) is 0 Å². The Balaban J connectivity index is 1.94. The third kappa shape index (κ3) is 2.27. The van der Waals surface area contributed by atoms with Crippen LogP contribution in [0, 0.1) is 4.91 Å². The number of hydroxylamine groups is 1. The molecule has 0 spiro atoms. The van der Waals surface area contributed by atoms with E-state index in [1.165, 1.54) is 6.07 Å². The first-order valence-electron chi connectivity index (χ1n) is 5.30. The second-order valence-electron chi connectivity index (χ2n) is 3.44. The van der Waals surface area contributed by atoms with E-state index in [1.807, 2.05) is 0 Å². The molecule has 0 aliphatic carbocycles. The molecule has 1 aliphatic rings. The van der Waals surface area contributed by atoms with Crippen LogP contribution in [0.4, 0.5) is 5.69 Å². The molecular formula is C11H11N2O5+. The van der Waals surface area contributed by atoms with Gasteiger partial charge < -0.3 is 9.53 Å². The molecular weight excluding hydrogens is 240 g/mol. The van der Waals surface area contributed by atoms with E-state index >= 15 is 0 Å². The minimum Gasteiger partial charge on any atom is -0.371 e. The van der Waals surface area contributed by atoms with Gasteiger partial charge in [-0.3, -0.25) is 4.79 Å². The molecule has 0 saturated heterocycles. The Hall–Kier alpha value is -2.12. The van der Waals surface area contributed by atoms with Gasteiger partial charge in [0.2, 0.25) is 0 Å². The number of nitrogens with zero attached hydrogens (tertiary/aromatic N) is 2. The Morgan fingerprint density at radius 3 is 2.78 bits per heavy atom. The van der Waals surface area contributed by atoms with Crippen LogP contribution in [0.1, 0.15) is 10.4 Å². The molecule has 7 nitrogen and oxygen atoms in total. The van der Waals surface area contributed by atoms with Crippen LogP contribution in [-0.4, -0.2) is 42.1 Å². The molecule has 0 bridgehead atoms. The number of hydrazine groups is 1. The van der Waals surface area contributed by atoms with Crippen molar-refractivity contribution in [2.45, 2.75) is 0 Å². The summed E-state index contributed by atoms with van der Waals surface area (Å²) in [5, 5.41) is 0.634. The lowest BCUT2D eigenvalue weighted by molar-refractivity contribution is -0.689. The van der Waals surface area contributed by atoms with E-state index in [1.54, 1.807) is 18.2 Å². The highest BCUT2D eigenvalue weighted by Gasteiger charge is 2.45. The Bertz CT molecular complexity index is 453. The first kappa shape index (κ1) is 12.3. The molecule has 1 aromatic carbocycles. The van der Waals surface area contributed by atoms with Crippen molar-refractivity contribution in [3.63, 3.8) is 0 Å². The summed E-state index contributed by atoms with van der Waals surface area (Å²) in [5.74, 6) is -0.518. The van der Waals surface area contributed by atoms with Crippen LogP contribution >= 0.6 is 0 Å². The average molecular weight is 251 g/mol. The van der Waals surface area contributed by atoms with Gasteiger partial charge in [-0.05, 0) is 6.07 Å². The molecule has 0 atom stereocenters. The molecule has 0 saturated carbocycles. The summed E-state index contributed by atoms with van der Waals surface area (Å²) >= 11 is 0. The van der Waals surface area contributed by atoms with E-state index in [2.05, 4.69) is 0 Å². The van der Waals surface area contributed by atoms with Crippen molar-refractivity contribution in [2.24, 2.45) is 0 Å². The van der Waals surface area contributed by atoms with Crippen molar-refractivity contribution in [1.29, 1.82) is 0 Å². The number of hydrogen-bond acceptors (Lipinski definition) is 5. The van der Waals surface area contributed by atoms with E-state index in [0.29, 0.717) is 21.9 Å². The van der Waals surface area contributed by atoms with E-state index in [9.17, 15) is 14.5 Å². The number of rotatable bonds is 6. The third-order valence-electron chi connectivity index (χ3n) is 2.31. The first-order chi connectivity index (χ1) is 8.75. The summed E-state index contributed by atoms with van der Waals surface area (Å²) < 4.78 is 4.84. The Kier molecular flexibility index (Phi) is 3.75. The highest BCUT2D eigenvalue weighted by molar-refractivity contribution is 5.98. The molecule has 1 aromatic rings. The lowest BCUT2D eigenvalue weighted by Gasteiger charge is -2.04. The predicted molar refractivity (Wildman–Crippen MR) is 58.7 cm³/mol. The van der Waals surface area contributed by atoms with Gasteiger partial charge in [0.15, 0.2) is 4.87 Å². The zero-order valence-corrected chi connectivity index (χ0v) is 9.44. The van der Waals surface area contributed by atoms with Crippen LogP contribution in [-0.2, 0) is 14.4 Å². The fraction of sp³-hybridized carbons (Fsp3) is 0.273. The quantitative estimate of drug-likeness (QED) is 0.420. The second-order valence-corrected chi connectivity index (χ2v) is 3.44. The average Bonchev–Trinajstić information content (AvgIpc) is 2.64. The van der Waals surface area contributed by atoms with Crippen LogP contribution in [0.15, 0.2) is 24.3 Å². The van der Waals surface area contributed by atoms with Crippen LogP contribution in [0.3, 0.4) is 0 Å². The Morgan fingerprint density at radius 2 is 2.06 bits per heavy atom. The maximum absolute atomic E-state index is 11.8. The molecule has 7 heteroatoms. The SMILES string of the molecule is O=CCOCCON1C(=O)c2ccccc2[N+]1=O. The van der Waals surface area contributed by atoms with Gasteiger partial charge in [0.1, 0.15) is 25.1 Å². The number of fused-ring (bicyclic) bond motifs is 1. The van der Waals surface area contributed by atoms with Crippen LogP contribution in [0.25, 0.3) is 0 Å². The number of carbonyl (C=O) groups is 2. The second kappa shape index (κ2) is 5.48. The van der Waals surface area contributed by atoms with Gasteiger partial charge in [-0.1, -0.05) is 12.1 Å². The molecule has 1 amide bonds. The fourth-order valence-corrected chi connectivity index (χ4v) is 1.53. The lowest BCUT2D eigenvalue weighted by atomic mass is 10.2. The Morgan fingerprint density at radius 1 is 1.28 bits per heavy atom. The largest absolute Gasteiger partial charge is 0.371 e. The summed E-state index contributed by atoms with van der Waals surface area (Å²) in [6, 6.07) is 6.41. The smallest absolute Gasteiger partial charge is 0.352 e. The minimum absolute atomic E-state index is 0.00626. The van der Waals surface area contributed by atoms with Gasteiger partial charge in [-0.2, -0.15) is 0 Å². The predicted octanol–water partition coefficient (Wildman–Crippen LogP) is 0.615. The van der Waals surface area contributed by atoms with Gasteiger partial charge in [0, 0.05) is 6.07 Å².